The minimum absolute atomic E-state index is 0.120. The van der Waals surface area contributed by atoms with E-state index in [4.69, 9.17) is 4.52 Å². The topological polar surface area (TPSA) is 94.3 Å². The lowest BCUT2D eigenvalue weighted by Crippen LogP contribution is -2.43. The first-order valence-corrected chi connectivity index (χ1v) is 7.07. The number of benzene rings is 1. The Labute approximate surface area is 136 Å². The number of hydrogen-bond donors (Lipinski definition) is 1. The molecule has 0 spiro atoms. The summed E-state index contributed by atoms with van der Waals surface area (Å²) in [6.45, 7) is 1.70. The number of carbonyl (C=O) groups excluding carboxylic acids is 2. The van der Waals surface area contributed by atoms with Gasteiger partial charge in [0.2, 0.25) is 11.7 Å². The second-order valence-corrected chi connectivity index (χ2v) is 4.83. The molecule has 7 nitrogen and oxygen atoms in total. The van der Waals surface area contributed by atoms with Gasteiger partial charge in [0.1, 0.15) is 0 Å². The lowest BCUT2D eigenvalue weighted by molar-refractivity contribution is -0.170. The van der Waals surface area contributed by atoms with Crippen molar-refractivity contribution in [2.75, 3.05) is 13.2 Å². The fourth-order valence-electron chi connectivity index (χ4n) is 1.82. The second kappa shape index (κ2) is 7.16. The number of aromatic nitrogens is 2. The predicted octanol–water partition coefficient (Wildman–Crippen LogP) is 1.97. The highest BCUT2D eigenvalue weighted by atomic mass is 19.3. The number of nitrogens with one attached hydrogen (secondary N) is 1. The van der Waals surface area contributed by atoms with E-state index < -0.39 is 24.3 Å². The smallest absolute Gasteiger partial charge is 0.378 e. The maximum absolute atomic E-state index is 13.5. The van der Waals surface area contributed by atoms with E-state index in [1.165, 1.54) is 19.1 Å². The normalized spacial score (nSPS) is 11.2. The van der Waals surface area contributed by atoms with Gasteiger partial charge in [-0.3, -0.25) is 4.79 Å². The van der Waals surface area contributed by atoms with Crippen LogP contribution in [-0.4, -0.2) is 41.1 Å². The van der Waals surface area contributed by atoms with Crippen molar-refractivity contribution in [1.82, 2.24) is 15.5 Å². The maximum atomic E-state index is 13.5. The van der Waals surface area contributed by atoms with Crippen LogP contribution >= 0.6 is 0 Å². The van der Waals surface area contributed by atoms with E-state index in [1.807, 2.05) is 5.32 Å². The number of nitrogens with zero attached hydrogens (tertiary/aromatic N) is 2. The molecule has 0 aliphatic heterocycles. The Morgan fingerprint density at radius 3 is 2.75 bits per heavy atom. The SMILES string of the molecule is CCOC(=O)C(F)(F)CNC(=O)c1cccc(-c2noc(C)n2)c1. The molecule has 1 aromatic carbocycles. The predicted molar refractivity (Wildman–Crippen MR) is 78.4 cm³/mol. The highest BCUT2D eigenvalue weighted by molar-refractivity contribution is 5.95. The van der Waals surface area contributed by atoms with E-state index in [1.54, 1.807) is 19.1 Å². The maximum Gasteiger partial charge on any atom is 0.378 e. The van der Waals surface area contributed by atoms with E-state index in [0.29, 0.717) is 11.5 Å². The van der Waals surface area contributed by atoms with E-state index >= 15 is 0 Å². The average Bonchev–Trinajstić information content (AvgIpc) is 2.99. The van der Waals surface area contributed by atoms with Gasteiger partial charge in [0.15, 0.2) is 0 Å². The molecule has 9 heteroatoms. The average molecular weight is 339 g/mol. The summed E-state index contributed by atoms with van der Waals surface area (Å²) in [5.41, 5.74) is 0.617. The van der Waals surface area contributed by atoms with Crippen molar-refractivity contribution in [3.05, 3.63) is 35.7 Å². The molecule has 0 fully saturated rings. The molecule has 2 rings (SSSR count). The summed E-state index contributed by atoms with van der Waals surface area (Å²) in [6.07, 6.45) is 0. The van der Waals surface area contributed by atoms with Crippen molar-refractivity contribution < 1.29 is 27.6 Å². The van der Waals surface area contributed by atoms with Gasteiger partial charge in [-0.15, -0.1) is 0 Å². The first-order valence-electron chi connectivity index (χ1n) is 7.07. The van der Waals surface area contributed by atoms with Crippen molar-refractivity contribution in [2.45, 2.75) is 19.8 Å². The highest BCUT2D eigenvalue weighted by Gasteiger charge is 2.40. The number of esters is 1. The lowest BCUT2D eigenvalue weighted by atomic mass is 10.1. The fraction of sp³-hybridized carbons (Fsp3) is 0.333. The Bertz CT molecular complexity index is 746. The summed E-state index contributed by atoms with van der Waals surface area (Å²) in [5, 5.41) is 5.72. The van der Waals surface area contributed by atoms with Crippen molar-refractivity contribution in [2.24, 2.45) is 0 Å². The standard InChI is InChI=1S/C15H15F2N3O4/c1-3-23-14(22)15(16,17)8-18-13(21)11-6-4-5-10(7-11)12-19-9(2)24-20-12/h4-7H,3,8H2,1-2H3,(H,18,21). The van der Waals surface area contributed by atoms with Gasteiger partial charge < -0.3 is 14.6 Å². The van der Waals surface area contributed by atoms with Gasteiger partial charge in [0.25, 0.3) is 5.91 Å². The number of hydrogen-bond acceptors (Lipinski definition) is 6. The molecule has 1 N–H and O–H groups in total. The zero-order valence-corrected chi connectivity index (χ0v) is 13.0. The van der Waals surface area contributed by atoms with Gasteiger partial charge >= 0.3 is 11.9 Å². The summed E-state index contributed by atoms with van der Waals surface area (Å²) < 4.78 is 36.1. The molecule has 2 aromatic rings. The number of amides is 1. The Morgan fingerprint density at radius 1 is 1.38 bits per heavy atom. The zero-order chi connectivity index (χ0) is 17.7. The van der Waals surface area contributed by atoms with Crippen LogP contribution in [0.2, 0.25) is 0 Å². The number of rotatable bonds is 6. The van der Waals surface area contributed by atoms with Crippen LogP contribution in [0.15, 0.2) is 28.8 Å². The summed E-state index contributed by atoms with van der Waals surface area (Å²) >= 11 is 0. The molecule has 0 saturated heterocycles. The molecule has 0 atom stereocenters. The first-order chi connectivity index (χ1) is 11.3. The first kappa shape index (κ1) is 17.5. The third-order valence-corrected chi connectivity index (χ3v) is 2.96. The minimum Gasteiger partial charge on any atom is -0.462 e. The molecule has 128 valence electrons. The van der Waals surface area contributed by atoms with Crippen molar-refractivity contribution in [3.63, 3.8) is 0 Å². The summed E-state index contributed by atoms with van der Waals surface area (Å²) in [4.78, 5) is 27.1. The third kappa shape index (κ3) is 4.12. The van der Waals surface area contributed by atoms with Gasteiger partial charge in [0, 0.05) is 18.1 Å². The highest BCUT2D eigenvalue weighted by Crippen LogP contribution is 2.18. The fourth-order valence-corrected chi connectivity index (χ4v) is 1.82. The molecule has 0 aliphatic carbocycles. The van der Waals surface area contributed by atoms with Crippen molar-refractivity contribution in [1.29, 1.82) is 0 Å². The van der Waals surface area contributed by atoms with Crippen LogP contribution in [0, 0.1) is 6.92 Å². The van der Waals surface area contributed by atoms with Crippen LogP contribution in [0.5, 0.6) is 0 Å². The molecule has 1 amide bonds. The van der Waals surface area contributed by atoms with Gasteiger partial charge in [-0.05, 0) is 19.1 Å². The minimum atomic E-state index is -3.80. The van der Waals surface area contributed by atoms with Crippen LogP contribution < -0.4 is 5.32 Å². The number of carbonyl (C=O) groups is 2. The van der Waals surface area contributed by atoms with Crippen molar-refractivity contribution in [3.8, 4) is 11.4 Å². The lowest BCUT2D eigenvalue weighted by Gasteiger charge is -2.15. The molecule has 24 heavy (non-hydrogen) atoms. The molecule has 0 saturated carbocycles. The molecular formula is C15H15F2N3O4. The Balaban J connectivity index is 2.06. The molecule has 1 heterocycles. The zero-order valence-electron chi connectivity index (χ0n) is 13.0. The summed E-state index contributed by atoms with van der Waals surface area (Å²) in [6, 6.07) is 6.07. The molecule has 1 aromatic heterocycles. The van der Waals surface area contributed by atoms with Crippen LogP contribution in [-0.2, 0) is 9.53 Å². The monoisotopic (exact) mass is 339 g/mol. The van der Waals surface area contributed by atoms with Crippen LogP contribution in [0.3, 0.4) is 0 Å². The molecular weight excluding hydrogens is 324 g/mol. The summed E-state index contributed by atoms with van der Waals surface area (Å²) in [5.74, 6) is -5.61. The summed E-state index contributed by atoms with van der Waals surface area (Å²) in [7, 11) is 0. The van der Waals surface area contributed by atoms with E-state index in [0.717, 1.165) is 0 Å². The largest absolute Gasteiger partial charge is 0.462 e. The number of halogens is 2. The Hall–Kier alpha value is -2.84. The van der Waals surface area contributed by atoms with E-state index in [-0.39, 0.29) is 18.0 Å². The van der Waals surface area contributed by atoms with Gasteiger partial charge in [-0.1, -0.05) is 17.3 Å². The van der Waals surface area contributed by atoms with Crippen LogP contribution in [0.4, 0.5) is 8.78 Å². The number of aryl methyl sites for hydroxylation is 1. The second-order valence-electron chi connectivity index (χ2n) is 4.83. The van der Waals surface area contributed by atoms with Gasteiger partial charge in [-0.25, -0.2) is 4.79 Å². The van der Waals surface area contributed by atoms with E-state index in [9.17, 15) is 18.4 Å². The van der Waals surface area contributed by atoms with Crippen molar-refractivity contribution >= 4 is 11.9 Å². The van der Waals surface area contributed by atoms with E-state index in [2.05, 4.69) is 14.9 Å². The quantitative estimate of drug-likeness (QED) is 0.809. The number of alkyl halides is 2. The Morgan fingerprint density at radius 2 is 2.12 bits per heavy atom. The van der Waals surface area contributed by atoms with Crippen LogP contribution in [0.25, 0.3) is 11.4 Å². The molecule has 0 aliphatic rings. The van der Waals surface area contributed by atoms with Gasteiger partial charge in [0.05, 0.1) is 13.2 Å². The number of ether oxygens (including phenoxy) is 1. The molecule has 0 unspecified atom stereocenters. The third-order valence-electron chi connectivity index (χ3n) is 2.96. The van der Waals surface area contributed by atoms with Crippen LogP contribution in [0.1, 0.15) is 23.2 Å². The molecule has 0 bridgehead atoms. The van der Waals surface area contributed by atoms with Gasteiger partial charge in [-0.2, -0.15) is 13.8 Å². The molecule has 0 radical (unpaired) electrons. The Kier molecular flexibility index (Phi) is 5.22.